The summed E-state index contributed by atoms with van der Waals surface area (Å²) in [4.78, 5) is 28.2. The van der Waals surface area contributed by atoms with Crippen LogP contribution in [-0.4, -0.2) is 45.7 Å². The summed E-state index contributed by atoms with van der Waals surface area (Å²) in [7, 11) is 2.04. The van der Waals surface area contributed by atoms with Gasteiger partial charge in [0.15, 0.2) is 0 Å². The molecule has 2 heterocycles. The van der Waals surface area contributed by atoms with Crippen molar-refractivity contribution in [3.05, 3.63) is 34.2 Å². The van der Waals surface area contributed by atoms with Gasteiger partial charge in [-0.15, -0.1) is 0 Å². The first-order valence-corrected chi connectivity index (χ1v) is 6.72. The average molecular weight is 275 g/mol. The van der Waals surface area contributed by atoms with Crippen molar-refractivity contribution >= 4 is 17.0 Å². The Kier molecular flexibility index (Phi) is 3.10. The van der Waals surface area contributed by atoms with Gasteiger partial charge in [-0.25, -0.2) is 9.59 Å². The average Bonchev–Trinajstić information content (AvgIpc) is 2.73. The van der Waals surface area contributed by atoms with Crippen LogP contribution in [0.5, 0.6) is 0 Å². The van der Waals surface area contributed by atoms with E-state index in [2.05, 4.69) is 9.88 Å². The molecule has 2 aromatic rings. The second kappa shape index (κ2) is 4.79. The van der Waals surface area contributed by atoms with Gasteiger partial charge in [0.2, 0.25) is 0 Å². The van der Waals surface area contributed by atoms with Crippen LogP contribution in [0.2, 0.25) is 0 Å². The number of carboxylic acid groups (broad SMARTS) is 1. The van der Waals surface area contributed by atoms with Crippen LogP contribution in [0, 0.1) is 0 Å². The largest absolute Gasteiger partial charge is 0.478 e. The normalized spacial score (nSPS) is 20.4. The SMILES string of the molecule is CN1CCCC(n2c(=O)[nH]c3ccc(C(=O)O)cc32)C1. The van der Waals surface area contributed by atoms with E-state index >= 15 is 0 Å². The molecule has 20 heavy (non-hydrogen) atoms. The molecule has 1 atom stereocenters. The minimum absolute atomic E-state index is 0.0963. The molecule has 1 saturated heterocycles. The zero-order valence-electron chi connectivity index (χ0n) is 11.3. The van der Waals surface area contributed by atoms with Crippen LogP contribution in [0.3, 0.4) is 0 Å². The second-order valence-corrected chi connectivity index (χ2v) is 5.40. The maximum absolute atomic E-state index is 12.2. The Hall–Kier alpha value is -2.08. The third-order valence-electron chi connectivity index (χ3n) is 3.93. The molecular weight excluding hydrogens is 258 g/mol. The maximum atomic E-state index is 12.2. The first kappa shape index (κ1) is 12.9. The van der Waals surface area contributed by atoms with E-state index in [0.29, 0.717) is 11.0 Å². The molecule has 6 heteroatoms. The minimum Gasteiger partial charge on any atom is -0.478 e. The summed E-state index contributed by atoms with van der Waals surface area (Å²) in [6, 6.07) is 4.84. The first-order chi connectivity index (χ1) is 9.56. The molecule has 6 nitrogen and oxygen atoms in total. The Labute approximate surface area is 115 Å². The van der Waals surface area contributed by atoms with Gasteiger partial charge in [-0.05, 0) is 44.6 Å². The van der Waals surface area contributed by atoms with Crippen molar-refractivity contribution in [2.24, 2.45) is 0 Å². The van der Waals surface area contributed by atoms with E-state index in [9.17, 15) is 9.59 Å². The number of hydrogen-bond acceptors (Lipinski definition) is 3. The fourth-order valence-corrected chi connectivity index (χ4v) is 2.97. The first-order valence-electron chi connectivity index (χ1n) is 6.72. The number of aromatic amines is 1. The molecule has 1 aromatic carbocycles. The summed E-state index contributed by atoms with van der Waals surface area (Å²) in [5.74, 6) is -0.979. The number of carboxylic acids is 1. The van der Waals surface area contributed by atoms with Crippen molar-refractivity contribution < 1.29 is 9.90 Å². The molecule has 0 radical (unpaired) electrons. The van der Waals surface area contributed by atoms with E-state index in [1.54, 1.807) is 16.7 Å². The lowest BCUT2D eigenvalue weighted by molar-refractivity contribution is 0.0697. The number of carbonyl (C=O) groups is 1. The molecule has 0 bridgehead atoms. The molecule has 1 aromatic heterocycles. The molecular formula is C14H17N3O3. The van der Waals surface area contributed by atoms with Gasteiger partial charge in [0.25, 0.3) is 0 Å². The smallest absolute Gasteiger partial charge is 0.335 e. The van der Waals surface area contributed by atoms with Crippen LogP contribution in [0.1, 0.15) is 29.2 Å². The van der Waals surface area contributed by atoms with Gasteiger partial charge in [0.05, 0.1) is 22.6 Å². The number of nitrogens with one attached hydrogen (secondary N) is 1. The van der Waals surface area contributed by atoms with Crippen LogP contribution in [0.25, 0.3) is 11.0 Å². The number of likely N-dealkylation sites (tertiary alicyclic amines) is 1. The monoisotopic (exact) mass is 275 g/mol. The molecule has 1 aliphatic heterocycles. The predicted octanol–water partition coefficient (Wildman–Crippen LogP) is 1.29. The van der Waals surface area contributed by atoms with Crippen molar-refractivity contribution in [3.8, 4) is 0 Å². The van der Waals surface area contributed by atoms with E-state index in [-0.39, 0.29) is 17.3 Å². The van der Waals surface area contributed by atoms with Gasteiger partial charge >= 0.3 is 11.7 Å². The van der Waals surface area contributed by atoms with Crippen LogP contribution < -0.4 is 5.69 Å². The number of nitrogens with zero attached hydrogens (tertiary/aromatic N) is 2. The van der Waals surface area contributed by atoms with Gasteiger partial charge in [-0.3, -0.25) is 4.57 Å². The van der Waals surface area contributed by atoms with E-state index in [0.717, 1.165) is 25.9 Å². The lowest BCUT2D eigenvalue weighted by Crippen LogP contribution is -2.36. The molecule has 3 rings (SSSR count). The summed E-state index contributed by atoms with van der Waals surface area (Å²) in [5, 5.41) is 9.09. The van der Waals surface area contributed by atoms with Crippen molar-refractivity contribution in [1.82, 2.24) is 14.5 Å². The van der Waals surface area contributed by atoms with Gasteiger partial charge in [-0.1, -0.05) is 0 Å². The lowest BCUT2D eigenvalue weighted by Gasteiger charge is -2.30. The summed E-state index contributed by atoms with van der Waals surface area (Å²) in [5.41, 5.74) is 1.40. The Morgan fingerprint density at radius 2 is 2.25 bits per heavy atom. The summed E-state index contributed by atoms with van der Waals surface area (Å²) >= 11 is 0. The number of rotatable bonds is 2. The highest BCUT2D eigenvalue weighted by atomic mass is 16.4. The zero-order valence-corrected chi connectivity index (χ0v) is 11.3. The van der Waals surface area contributed by atoms with Gasteiger partial charge in [0, 0.05) is 6.54 Å². The number of H-pyrrole nitrogens is 1. The highest BCUT2D eigenvalue weighted by Gasteiger charge is 2.22. The fourth-order valence-electron chi connectivity index (χ4n) is 2.97. The topological polar surface area (TPSA) is 78.3 Å². The standard InChI is InChI=1S/C14H17N3O3/c1-16-6-2-3-10(8-16)17-12-7-9(13(18)19)4-5-11(12)15-14(17)20/h4-5,7,10H,2-3,6,8H2,1H3,(H,15,20)(H,18,19). The van der Waals surface area contributed by atoms with Crippen LogP contribution in [0.4, 0.5) is 0 Å². The third-order valence-corrected chi connectivity index (χ3v) is 3.93. The highest BCUT2D eigenvalue weighted by molar-refractivity contribution is 5.92. The Bertz CT molecular complexity index is 716. The highest BCUT2D eigenvalue weighted by Crippen LogP contribution is 2.23. The number of imidazole rings is 1. The molecule has 0 saturated carbocycles. The molecule has 0 amide bonds. The van der Waals surface area contributed by atoms with Crippen molar-refractivity contribution in [1.29, 1.82) is 0 Å². The van der Waals surface area contributed by atoms with E-state index in [4.69, 9.17) is 5.11 Å². The molecule has 2 N–H and O–H groups in total. The summed E-state index contributed by atoms with van der Waals surface area (Å²) in [6.07, 6.45) is 1.98. The molecule has 1 unspecified atom stereocenters. The van der Waals surface area contributed by atoms with Gasteiger partial charge < -0.3 is 15.0 Å². The fraction of sp³-hybridized carbons (Fsp3) is 0.429. The second-order valence-electron chi connectivity index (χ2n) is 5.40. The summed E-state index contributed by atoms with van der Waals surface area (Å²) in [6.45, 7) is 1.85. The van der Waals surface area contributed by atoms with Crippen LogP contribution in [-0.2, 0) is 0 Å². The number of fused-ring (bicyclic) bond motifs is 1. The predicted molar refractivity (Wildman–Crippen MR) is 75.3 cm³/mol. The number of benzene rings is 1. The van der Waals surface area contributed by atoms with Crippen LogP contribution in [0.15, 0.2) is 23.0 Å². The number of piperidine rings is 1. The van der Waals surface area contributed by atoms with E-state index in [1.807, 2.05) is 7.05 Å². The maximum Gasteiger partial charge on any atom is 0.335 e. The number of aromatic nitrogens is 2. The Balaban J connectivity index is 2.13. The minimum atomic E-state index is -0.979. The Morgan fingerprint density at radius 1 is 1.45 bits per heavy atom. The lowest BCUT2D eigenvalue weighted by atomic mass is 10.1. The van der Waals surface area contributed by atoms with E-state index < -0.39 is 5.97 Å². The van der Waals surface area contributed by atoms with Crippen molar-refractivity contribution in [3.63, 3.8) is 0 Å². The molecule has 1 aliphatic rings. The van der Waals surface area contributed by atoms with E-state index in [1.165, 1.54) is 6.07 Å². The van der Waals surface area contributed by atoms with Crippen molar-refractivity contribution in [2.75, 3.05) is 20.1 Å². The van der Waals surface area contributed by atoms with Gasteiger partial charge in [-0.2, -0.15) is 0 Å². The zero-order chi connectivity index (χ0) is 14.3. The molecule has 1 fully saturated rings. The van der Waals surface area contributed by atoms with Gasteiger partial charge in [0.1, 0.15) is 0 Å². The number of aromatic carboxylic acids is 1. The van der Waals surface area contributed by atoms with Crippen LogP contribution >= 0.6 is 0 Å². The van der Waals surface area contributed by atoms with Crippen molar-refractivity contribution in [2.45, 2.75) is 18.9 Å². The number of hydrogen-bond donors (Lipinski definition) is 2. The molecule has 106 valence electrons. The Morgan fingerprint density at radius 3 is 2.95 bits per heavy atom. The quantitative estimate of drug-likeness (QED) is 0.865. The molecule has 0 aliphatic carbocycles. The summed E-state index contributed by atoms with van der Waals surface area (Å²) < 4.78 is 1.71. The third kappa shape index (κ3) is 2.12. The number of likely N-dealkylation sites (N-methyl/N-ethyl adjacent to an activating group) is 1. The molecule has 0 spiro atoms.